The summed E-state index contributed by atoms with van der Waals surface area (Å²) in [5.41, 5.74) is 1.83. The highest BCUT2D eigenvalue weighted by Crippen LogP contribution is 2.21. The maximum Gasteiger partial charge on any atom is 0.0766 e. The van der Waals surface area contributed by atoms with Crippen molar-refractivity contribution in [2.45, 2.75) is 39.3 Å². The van der Waals surface area contributed by atoms with Gasteiger partial charge in [0.25, 0.3) is 0 Å². The molecule has 1 saturated heterocycles. The zero-order chi connectivity index (χ0) is 16.2. The summed E-state index contributed by atoms with van der Waals surface area (Å²) in [4.78, 5) is 2.36. The van der Waals surface area contributed by atoms with Crippen molar-refractivity contribution < 1.29 is 9.84 Å². The second kappa shape index (κ2) is 7.44. The van der Waals surface area contributed by atoms with E-state index in [0.29, 0.717) is 6.54 Å². The van der Waals surface area contributed by atoms with Crippen molar-refractivity contribution in [3.05, 3.63) is 29.8 Å². The second-order valence-electron chi connectivity index (χ2n) is 6.81. The quantitative estimate of drug-likeness (QED) is 0.848. The average molecular weight is 306 g/mol. The maximum atomic E-state index is 10.3. The topological polar surface area (TPSA) is 44.7 Å². The van der Waals surface area contributed by atoms with Crippen molar-refractivity contribution in [1.82, 2.24) is 5.32 Å². The molecule has 0 radical (unpaired) electrons. The molecule has 1 aliphatic heterocycles. The molecule has 1 aliphatic rings. The number of hydrogen-bond acceptors (Lipinski definition) is 4. The molecule has 0 saturated carbocycles. The van der Waals surface area contributed by atoms with Crippen LogP contribution >= 0.6 is 0 Å². The zero-order valence-electron chi connectivity index (χ0n) is 14.3. The highest BCUT2D eigenvalue weighted by atomic mass is 16.5. The summed E-state index contributed by atoms with van der Waals surface area (Å²) in [6.07, 6.45) is 0. The molecular weight excluding hydrogens is 276 g/mol. The van der Waals surface area contributed by atoms with E-state index in [-0.39, 0.29) is 12.0 Å². The lowest BCUT2D eigenvalue weighted by molar-refractivity contribution is 0.0122. The van der Waals surface area contributed by atoms with Crippen molar-refractivity contribution in [2.24, 2.45) is 5.92 Å². The fourth-order valence-electron chi connectivity index (χ4n) is 2.48. The van der Waals surface area contributed by atoms with Crippen LogP contribution in [0.15, 0.2) is 24.3 Å². The normalized spacial score (nSPS) is 20.0. The summed E-state index contributed by atoms with van der Waals surface area (Å²) in [5.74, 6) is 0.232. The summed E-state index contributed by atoms with van der Waals surface area (Å²) in [7, 11) is 0. The minimum absolute atomic E-state index is 0.226. The smallest absolute Gasteiger partial charge is 0.0766 e. The Kier molecular flexibility index (Phi) is 5.84. The number of benzene rings is 1. The largest absolute Gasteiger partial charge is 0.389 e. The van der Waals surface area contributed by atoms with Crippen molar-refractivity contribution in [2.75, 3.05) is 37.7 Å². The Morgan fingerprint density at radius 2 is 1.77 bits per heavy atom. The van der Waals surface area contributed by atoms with Crippen LogP contribution in [0.25, 0.3) is 0 Å². The maximum absolute atomic E-state index is 10.3. The second-order valence-corrected chi connectivity index (χ2v) is 6.81. The molecule has 124 valence electrons. The van der Waals surface area contributed by atoms with Gasteiger partial charge in [-0.1, -0.05) is 26.0 Å². The van der Waals surface area contributed by atoms with E-state index < -0.39 is 5.60 Å². The lowest BCUT2D eigenvalue weighted by Crippen LogP contribution is -2.43. The Morgan fingerprint density at radius 1 is 1.18 bits per heavy atom. The zero-order valence-corrected chi connectivity index (χ0v) is 14.3. The Morgan fingerprint density at radius 3 is 2.32 bits per heavy atom. The van der Waals surface area contributed by atoms with Gasteiger partial charge in [-0.05, 0) is 37.5 Å². The third kappa shape index (κ3) is 4.45. The first kappa shape index (κ1) is 17.3. The fraction of sp³-hybridized carbons (Fsp3) is 0.667. The van der Waals surface area contributed by atoms with Crippen LogP contribution in [0, 0.1) is 5.92 Å². The van der Waals surface area contributed by atoms with Crippen molar-refractivity contribution in [3.63, 3.8) is 0 Å². The summed E-state index contributed by atoms with van der Waals surface area (Å²) in [6.45, 7) is 12.3. The van der Waals surface area contributed by atoms with E-state index in [1.54, 1.807) is 0 Å². The molecule has 1 aromatic rings. The van der Waals surface area contributed by atoms with Crippen molar-refractivity contribution in [3.8, 4) is 0 Å². The Bertz CT molecular complexity index is 451. The van der Waals surface area contributed by atoms with Gasteiger partial charge >= 0.3 is 0 Å². The molecule has 0 spiro atoms. The molecule has 0 aliphatic carbocycles. The highest BCUT2D eigenvalue weighted by molar-refractivity contribution is 5.48. The minimum Gasteiger partial charge on any atom is -0.389 e. The van der Waals surface area contributed by atoms with Crippen LogP contribution in [0.1, 0.15) is 39.3 Å². The van der Waals surface area contributed by atoms with Crippen molar-refractivity contribution >= 4 is 5.69 Å². The number of anilines is 1. The predicted octanol–water partition coefficient (Wildman–Crippen LogP) is 2.58. The van der Waals surface area contributed by atoms with E-state index in [1.807, 2.05) is 20.8 Å². The molecule has 4 heteroatoms. The molecule has 2 unspecified atom stereocenters. The van der Waals surface area contributed by atoms with E-state index in [0.717, 1.165) is 26.3 Å². The molecule has 0 amide bonds. The van der Waals surface area contributed by atoms with Gasteiger partial charge in [0.05, 0.1) is 18.8 Å². The minimum atomic E-state index is -0.679. The van der Waals surface area contributed by atoms with E-state index in [2.05, 4.69) is 41.4 Å². The number of nitrogens with one attached hydrogen (secondary N) is 1. The lowest BCUT2D eigenvalue weighted by Gasteiger charge is -2.30. The number of rotatable bonds is 6. The number of aliphatic hydroxyl groups is 1. The van der Waals surface area contributed by atoms with Crippen molar-refractivity contribution in [1.29, 1.82) is 0 Å². The third-order valence-electron chi connectivity index (χ3n) is 4.78. The number of hydrogen-bond donors (Lipinski definition) is 2. The Hall–Kier alpha value is -1.10. The standard InChI is InChI=1S/C18H30N2O2/c1-14(2)18(4,21)13-19-15(3)16-5-7-17(8-6-16)20-9-11-22-12-10-20/h5-8,14-15,19,21H,9-13H2,1-4H3. The molecule has 1 heterocycles. The molecule has 0 bridgehead atoms. The predicted molar refractivity (Wildman–Crippen MR) is 91.4 cm³/mol. The third-order valence-corrected chi connectivity index (χ3v) is 4.78. The highest BCUT2D eigenvalue weighted by Gasteiger charge is 2.25. The molecular formula is C18H30N2O2. The van der Waals surface area contributed by atoms with Crippen LogP contribution in [-0.4, -0.2) is 43.6 Å². The van der Waals surface area contributed by atoms with Crippen LogP contribution in [0.4, 0.5) is 5.69 Å². The van der Waals surface area contributed by atoms with Gasteiger partial charge in [0.2, 0.25) is 0 Å². The van der Waals surface area contributed by atoms with Gasteiger partial charge < -0.3 is 20.1 Å². The number of nitrogens with zero attached hydrogens (tertiary/aromatic N) is 1. The molecule has 4 nitrogen and oxygen atoms in total. The Balaban J connectivity index is 1.92. The molecule has 1 aromatic carbocycles. The molecule has 1 fully saturated rings. The molecule has 22 heavy (non-hydrogen) atoms. The van der Waals surface area contributed by atoms with Gasteiger partial charge in [-0.25, -0.2) is 0 Å². The van der Waals surface area contributed by atoms with E-state index >= 15 is 0 Å². The Labute approximate surface area is 134 Å². The molecule has 2 atom stereocenters. The van der Waals surface area contributed by atoms with Gasteiger partial charge in [-0.3, -0.25) is 0 Å². The lowest BCUT2D eigenvalue weighted by atomic mass is 9.92. The molecule has 0 aromatic heterocycles. The van der Waals surface area contributed by atoms with Gasteiger partial charge in [0, 0.05) is 31.4 Å². The number of ether oxygens (including phenoxy) is 1. The summed E-state index contributed by atoms with van der Waals surface area (Å²) in [6, 6.07) is 8.93. The van der Waals surface area contributed by atoms with E-state index in [9.17, 15) is 5.11 Å². The van der Waals surface area contributed by atoms with Crippen LogP contribution in [-0.2, 0) is 4.74 Å². The monoisotopic (exact) mass is 306 g/mol. The van der Waals surface area contributed by atoms with Gasteiger partial charge in [-0.15, -0.1) is 0 Å². The first-order chi connectivity index (χ1) is 10.4. The molecule has 2 rings (SSSR count). The average Bonchev–Trinajstić information content (AvgIpc) is 2.53. The van der Waals surface area contributed by atoms with Gasteiger partial charge in [0.15, 0.2) is 0 Å². The number of morpholine rings is 1. The van der Waals surface area contributed by atoms with Crippen LogP contribution in [0.2, 0.25) is 0 Å². The van der Waals surface area contributed by atoms with Gasteiger partial charge in [0.1, 0.15) is 0 Å². The summed E-state index contributed by atoms with van der Waals surface area (Å²) < 4.78 is 5.39. The molecule has 2 N–H and O–H groups in total. The first-order valence-electron chi connectivity index (χ1n) is 8.28. The van der Waals surface area contributed by atoms with Crippen LogP contribution in [0.5, 0.6) is 0 Å². The summed E-state index contributed by atoms with van der Waals surface area (Å²) >= 11 is 0. The van der Waals surface area contributed by atoms with Gasteiger partial charge in [-0.2, -0.15) is 0 Å². The van der Waals surface area contributed by atoms with E-state index in [1.165, 1.54) is 11.3 Å². The SMILES string of the molecule is CC(NCC(C)(O)C(C)C)c1ccc(N2CCOCC2)cc1. The van der Waals surface area contributed by atoms with E-state index in [4.69, 9.17) is 4.74 Å². The fourth-order valence-corrected chi connectivity index (χ4v) is 2.48. The van der Waals surface area contributed by atoms with Crippen LogP contribution in [0.3, 0.4) is 0 Å². The van der Waals surface area contributed by atoms with Crippen LogP contribution < -0.4 is 10.2 Å². The first-order valence-corrected chi connectivity index (χ1v) is 8.28. The summed E-state index contributed by atoms with van der Waals surface area (Å²) in [5, 5.41) is 13.8.